The van der Waals surface area contributed by atoms with Gasteiger partial charge in [-0.1, -0.05) is 0 Å². The van der Waals surface area contributed by atoms with Crippen LogP contribution in [0.15, 0.2) is 30.5 Å². The summed E-state index contributed by atoms with van der Waals surface area (Å²) in [7, 11) is 1.79. The van der Waals surface area contributed by atoms with Gasteiger partial charge in [-0.3, -0.25) is 10.1 Å². The second kappa shape index (κ2) is 3.65. The van der Waals surface area contributed by atoms with Crippen LogP contribution in [0.25, 0.3) is 11.3 Å². The average Bonchev–Trinajstić information content (AvgIpc) is 2.60. The lowest BCUT2D eigenvalue weighted by molar-refractivity contribution is -0.384. The van der Waals surface area contributed by atoms with Crippen molar-refractivity contribution >= 4 is 11.6 Å². The number of non-ortho nitro benzene ring substituents is 1. The molecule has 2 aromatic rings. The summed E-state index contributed by atoms with van der Waals surface area (Å²) in [6.07, 6.45) is 1.64. The predicted molar refractivity (Wildman–Crippen MR) is 59.7 cm³/mol. The molecule has 0 aliphatic rings. The zero-order chi connectivity index (χ0) is 11.7. The highest BCUT2D eigenvalue weighted by Gasteiger charge is 2.08. The first-order valence-corrected chi connectivity index (χ1v) is 4.61. The van der Waals surface area contributed by atoms with Crippen molar-refractivity contribution in [3.8, 4) is 11.3 Å². The van der Waals surface area contributed by atoms with Crippen LogP contribution in [0.5, 0.6) is 0 Å². The van der Waals surface area contributed by atoms with E-state index >= 15 is 0 Å². The molecule has 0 saturated heterocycles. The van der Waals surface area contributed by atoms with Crippen molar-refractivity contribution in [3.05, 3.63) is 40.6 Å². The van der Waals surface area contributed by atoms with Crippen molar-refractivity contribution in [2.45, 2.75) is 0 Å². The number of anilines is 1. The molecule has 0 radical (unpaired) electrons. The second-order valence-electron chi connectivity index (χ2n) is 3.36. The number of imidazole rings is 1. The van der Waals surface area contributed by atoms with Crippen LogP contribution in [-0.2, 0) is 7.05 Å². The summed E-state index contributed by atoms with van der Waals surface area (Å²) in [5, 5.41) is 10.5. The molecule has 0 spiro atoms. The van der Waals surface area contributed by atoms with E-state index in [1.165, 1.54) is 12.1 Å². The summed E-state index contributed by atoms with van der Waals surface area (Å²) < 4.78 is 1.72. The molecule has 0 aliphatic heterocycles. The Morgan fingerprint density at radius 2 is 2.00 bits per heavy atom. The van der Waals surface area contributed by atoms with Crippen molar-refractivity contribution in [2.24, 2.45) is 7.05 Å². The van der Waals surface area contributed by atoms with Gasteiger partial charge in [-0.05, 0) is 12.1 Å². The maximum Gasteiger partial charge on any atom is 0.269 e. The first-order chi connectivity index (χ1) is 7.59. The van der Waals surface area contributed by atoms with Crippen LogP contribution in [0.1, 0.15) is 0 Å². The molecule has 82 valence electrons. The lowest BCUT2D eigenvalue weighted by Gasteiger charge is -2.02. The summed E-state index contributed by atoms with van der Waals surface area (Å²) in [4.78, 5) is 14.0. The monoisotopic (exact) mass is 218 g/mol. The van der Waals surface area contributed by atoms with Crippen molar-refractivity contribution in [1.29, 1.82) is 0 Å². The number of nitrogen functional groups attached to an aromatic ring is 1. The Hall–Kier alpha value is -2.37. The quantitative estimate of drug-likeness (QED) is 0.612. The van der Waals surface area contributed by atoms with Crippen molar-refractivity contribution in [3.63, 3.8) is 0 Å². The van der Waals surface area contributed by atoms with Crippen LogP contribution in [0.4, 0.5) is 11.6 Å². The van der Waals surface area contributed by atoms with Crippen LogP contribution < -0.4 is 5.73 Å². The van der Waals surface area contributed by atoms with Gasteiger partial charge in [-0.2, -0.15) is 0 Å². The Kier molecular flexibility index (Phi) is 2.32. The molecule has 1 heterocycles. The van der Waals surface area contributed by atoms with Crippen LogP contribution in [0.3, 0.4) is 0 Å². The Labute approximate surface area is 91.5 Å². The molecule has 2 rings (SSSR count). The SMILES string of the molecule is Cn1c(-c2ccc([N+](=O)[O-])cc2)cnc1N. The van der Waals surface area contributed by atoms with E-state index in [-0.39, 0.29) is 5.69 Å². The molecule has 0 fully saturated rings. The van der Waals surface area contributed by atoms with Gasteiger partial charge >= 0.3 is 0 Å². The maximum atomic E-state index is 10.5. The van der Waals surface area contributed by atoms with Crippen LogP contribution in [0, 0.1) is 10.1 Å². The average molecular weight is 218 g/mol. The molecular weight excluding hydrogens is 208 g/mol. The van der Waals surface area contributed by atoms with Crippen molar-refractivity contribution in [1.82, 2.24) is 9.55 Å². The number of benzene rings is 1. The van der Waals surface area contributed by atoms with Crippen molar-refractivity contribution in [2.75, 3.05) is 5.73 Å². The minimum Gasteiger partial charge on any atom is -0.369 e. The summed E-state index contributed by atoms with van der Waals surface area (Å²) in [6, 6.07) is 6.26. The molecule has 6 nitrogen and oxygen atoms in total. The fraction of sp³-hybridized carbons (Fsp3) is 0.100. The highest BCUT2D eigenvalue weighted by atomic mass is 16.6. The smallest absolute Gasteiger partial charge is 0.269 e. The molecule has 0 atom stereocenters. The molecule has 1 aromatic carbocycles. The summed E-state index contributed by atoms with van der Waals surface area (Å²) >= 11 is 0. The van der Waals surface area contributed by atoms with Gasteiger partial charge in [-0.25, -0.2) is 4.98 Å². The van der Waals surface area contributed by atoms with E-state index in [1.807, 2.05) is 0 Å². The Bertz CT molecular complexity index is 530. The maximum absolute atomic E-state index is 10.5. The Morgan fingerprint density at radius 1 is 1.38 bits per heavy atom. The van der Waals surface area contributed by atoms with Gasteiger partial charge in [0, 0.05) is 24.7 Å². The molecule has 0 aliphatic carbocycles. The van der Waals surface area contributed by atoms with Crippen LogP contribution in [0.2, 0.25) is 0 Å². The lowest BCUT2D eigenvalue weighted by Crippen LogP contribution is -1.98. The molecule has 0 amide bonds. The number of nitrogens with zero attached hydrogens (tertiary/aromatic N) is 3. The van der Waals surface area contributed by atoms with Gasteiger partial charge in [0.1, 0.15) is 0 Å². The number of nitro benzene ring substituents is 1. The fourth-order valence-corrected chi connectivity index (χ4v) is 1.45. The van der Waals surface area contributed by atoms with Gasteiger partial charge in [0.2, 0.25) is 0 Å². The Balaban J connectivity index is 2.42. The van der Waals surface area contributed by atoms with E-state index in [1.54, 1.807) is 29.9 Å². The van der Waals surface area contributed by atoms with E-state index in [9.17, 15) is 10.1 Å². The zero-order valence-corrected chi connectivity index (χ0v) is 8.62. The highest BCUT2D eigenvalue weighted by Crippen LogP contribution is 2.23. The highest BCUT2D eigenvalue weighted by molar-refractivity contribution is 5.62. The molecule has 1 aromatic heterocycles. The number of hydrogen-bond donors (Lipinski definition) is 1. The summed E-state index contributed by atoms with van der Waals surface area (Å²) in [5.41, 5.74) is 7.34. The van der Waals surface area contributed by atoms with Gasteiger partial charge < -0.3 is 10.3 Å². The van der Waals surface area contributed by atoms with E-state index in [2.05, 4.69) is 4.98 Å². The standard InChI is InChI=1S/C10H10N4O2/c1-13-9(6-12-10(13)11)7-2-4-8(5-3-7)14(15)16/h2-6H,1H3,(H2,11,12). The van der Waals surface area contributed by atoms with Gasteiger partial charge in [0.25, 0.3) is 5.69 Å². The van der Waals surface area contributed by atoms with E-state index in [0.29, 0.717) is 5.95 Å². The molecule has 16 heavy (non-hydrogen) atoms. The summed E-state index contributed by atoms with van der Waals surface area (Å²) in [6.45, 7) is 0. The minimum absolute atomic E-state index is 0.0684. The second-order valence-corrected chi connectivity index (χ2v) is 3.36. The first kappa shape index (κ1) is 10.2. The van der Waals surface area contributed by atoms with E-state index < -0.39 is 4.92 Å². The normalized spacial score (nSPS) is 10.3. The molecule has 0 unspecified atom stereocenters. The minimum atomic E-state index is -0.429. The number of hydrogen-bond acceptors (Lipinski definition) is 4. The van der Waals surface area contributed by atoms with Gasteiger partial charge in [0.05, 0.1) is 16.8 Å². The molecule has 6 heteroatoms. The zero-order valence-electron chi connectivity index (χ0n) is 8.62. The number of aromatic nitrogens is 2. The number of nitrogens with two attached hydrogens (primary N) is 1. The first-order valence-electron chi connectivity index (χ1n) is 4.61. The largest absolute Gasteiger partial charge is 0.369 e. The third-order valence-corrected chi connectivity index (χ3v) is 2.40. The predicted octanol–water partition coefficient (Wildman–Crippen LogP) is 1.58. The lowest BCUT2D eigenvalue weighted by atomic mass is 10.1. The van der Waals surface area contributed by atoms with Gasteiger partial charge in [-0.15, -0.1) is 0 Å². The fourth-order valence-electron chi connectivity index (χ4n) is 1.45. The number of nitro groups is 1. The van der Waals surface area contributed by atoms with Gasteiger partial charge in [0.15, 0.2) is 5.95 Å². The van der Waals surface area contributed by atoms with Crippen LogP contribution >= 0.6 is 0 Å². The topological polar surface area (TPSA) is 87.0 Å². The van der Waals surface area contributed by atoms with E-state index in [0.717, 1.165) is 11.3 Å². The molecule has 0 saturated carbocycles. The van der Waals surface area contributed by atoms with E-state index in [4.69, 9.17) is 5.73 Å². The summed E-state index contributed by atoms with van der Waals surface area (Å²) in [5.74, 6) is 0.411. The third-order valence-electron chi connectivity index (χ3n) is 2.40. The molecular formula is C10H10N4O2. The number of rotatable bonds is 2. The Morgan fingerprint density at radius 3 is 2.44 bits per heavy atom. The van der Waals surface area contributed by atoms with Crippen LogP contribution in [-0.4, -0.2) is 14.5 Å². The third kappa shape index (κ3) is 1.60. The van der Waals surface area contributed by atoms with Crippen molar-refractivity contribution < 1.29 is 4.92 Å². The molecule has 0 bridgehead atoms. The molecule has 2 N–H and O–H groups in total.